The van der Waals surface area contributed by atoms with Crippen LogP contribution in [0.4, 0.5) is 8.78 Å². The molecule has 27 heavy (non-hydrogen) atoms. The van der Waals surface area contributed by atoms with Gasteiger partial charge in [-0.1, -0.05) is 18.2 Å². The van der Waals surface area contributed by atoms with Gasteiger partial charge >= 0.3 is 0 Å². The first-order valence-corrected chi connectivity index (χ1v) is 8.31. The molecule has 1 saturated heterocycles. The van der Waals surface area contributed by atoms with E-state index in [1.807, 2.05) is 6.92 Å². The first kappa shape index (κ1) is 23.6. The molecule has 5 nitrogen and oxygen atoms in total. The summed E-state index contributed by atoms with van der Waals surface area (Å²) in [6.07, 6.45) is 4.51. The molecule has 1 aliphatic rings. The van der Waals surface area contributed by atoms with Crippen LogP contribution in [0.25, 0.3) is 0 Å². The smallest absolute Gasteiger partial charge is 0.137 e. The summed E-state index contributed by atoms with van der Waals surface area (Å²) in [7, 11) is 0. The number of hydrogen-bond acceptors (Lipinski definition) is 4. The Hall–Kier alpha value is -1.42. The fourth-order valence-corrected chi connectivity index (χ4v) is 3.37. The van der Waals surface area contributed by atoms with Gasteiger partial charge in [-0.15, -0.1) is 0 Å². The molecule has 0 bridgehead atoms. The van der Waals surface area contributed by atoms with Gasteiger partial charge in [0.1, 0.15) is 29.9 Å². The molecule has 3 rings (SSSR count). The Morgan fingerprint density at radius 3 is 2.48 bits per heavy atom. The first-order chi connectivity index (χ1) is 11.9. The van der Waals surface area contributed by atoms with Crippen molar-refractivity contribution in [2.75, 3.05) is 13.1 Å². The molecule has 1 aromatic carbocycles. The average molecular weight is 417 g/mol. The maximum Gasteiger partial charge on any atom is 0.137 e. The van der Waals surface area contributed by atoms with Crippen LogP contribution in [0.15, 0.2) is 43.0 Å². The molecule has 0 radical (unpaired) electrons. The van der Waals surface area contributed by atoms with E-state index in [2.05, 4.69) is 21.6 Å². The van der Waals surface area contributed by atoms with E-state index in [1.165, 1.54) is 29.0 Å². The summed E-state index contributed by atoms with van der Waals surface area (Å²) in [5, 5.41) is 15.5. The van der Waals surface area contributed by atoms with Crippen LogP contribution in [0.5, 0.6) is 0 Å². The Kier molecular flexibility index (Phi) is 8.47. The maximum absolute atomic E-state index is 14.5. The van der Waals surface area contributed by atoms with Gasteiger partial charge in [-0.3, -0.25) is 4.90 Å². The number of rotatable bonds is 5. The van der Waals surface area contributed by atoms with Crippen LogP contribution in [0.3, 0.4) is 0 Å². The highest BCUT2D eigenvalue weighted by molar-refractivity contribution is 7.59. The first-order valence-electron chi connectivity index (χ1n) is 8.31. The minimum Gasteiger partial charge on any atom is -0.381 e. The Morgan fingerprint density at radius 2 is 1.93 bits per heavy atom. The third-order valence-electron chi connectivity index (χ3n) is 5.01. The van der Waals surface area contributed by atoms with Gasteiger partial charge in [-0.05, 0) is 25.8 Å². The Labute approximate surface area is 172 Å². The molecule has 9 heteroatoms. The van der Waals surface area contributed by atoms with Gasteiger partial charge in [0.05, 0.1) is 6.54 Å². The lowest BCUT2D eigenvalue weighted by molar-refractivity contribution is -0.0657. The van der Waals surface area contributed by atoms with E-state index in [0.29, 0.717) is 0 Å². The molecule has 2 atom stereocenters. The van der Waals surface area contributed by atoms with Gasteiger partial charge in [0.15, 0.2) is 0 Å². The molecule has 0 saturated carbocycles. The number of piperidine rings is 1. The summed E-state index contributed by atoms with van der Waals surface area (Å²) in [5.41, 5.74) is -0.345. The fourth-order valence-electron chi connectivity index (χ4n) is 3.37. The summed E-state index contributed by atoms with van der Waals surface area (Å²) < 4.78 is 29.3. The minimum atomic E-state index is -1.58. The lowest BCUT2D eigenvalue weighted by Crippen LogP contribution is -2.53. The average Bonchev–Trinajstić information content (AvgIpc) is 3.07. The number of benzene rings is 1. The van der Waals surface area contributed by atoms with E-state index in [1.54, 1.807) is 0 Å². The van der Waals surface area contributed by atoms with E-state index in [9.17, 15) is 13.9 Å². The molecule has 2 aromatic rings. The zero-order chi connectivity index (χ0) is 18.0. The molecule has 1 aliphatic heterocycles. The van der Waals surface area contributed by atoms with Crippen LogP contribution in [0.2, 0.25) is 0 Å². The minimum absolute atomic E-state index is 0. The van der Waals surface area contributed by atoms with Gasteiger partial charge in [0.2, 0.25) is 0 Å². The van der Waals surface area contributed by atoms with Gasteiger partial charge in [0.25, 0.3) is 0 Å². The molecule has 0 amide bonds. The molecule has 1 aromatic heterocycles. The summed E-state index contributed by atoms with van der Waals surface area (Å²) in [6, 6.07) is 2.87. The van der Waals surface area contributed by atoms with Crippen LogP contribution in [0, 0.1) is 11.6 Å². The van der Waals surface area contributed by atoms with Crippen molar-refractivity contribution in [2.45, 2.75) is 38.0 Å². The summed E-state index contributed by atoms with van der Waals surface area (Å²) >= 11 is 0. The maximum atomic E-state index is 14.5. The molecule has 0 aliphatic carbocycles. The molecule has 2 heterocycles. The van der Waals surface area contributed by atoms with E-state index in [-0.39, 0.29) is 39.1 Å². The van der Waals surface area contributed by atoms with Crippen molar-refractivity contribution in [3.8, 4) is 0 Å². The Bertz CT molecular complexity index is 750. The number of aromatic nitrogens is 3. The summed E-state index contributed by atoms with van der Waals surface area (Å²) in [5.74, 6) is -1.44. The van der Waals surface area contributed by atoms with Gasteiger partial charge in [0, 0.05) is 30.8 Å². The topological polar surface area (TPSA) is 54.2 Å². The highest BCUT2D eigenvalue weighted by Crippen LogP contribution is 2.34. The predicted molar refractivity (Wildman–Crippen MR) is 110 cm³/mol. The van der Waals surface area contributed by atoms with Crippen molar-refractivity contribution >= 4 is 27.0 Å². The van der Waals surface area contributed by atoms with Crippen molar-refractivity contribution in [3.63, 3.8) is 0 Å². The second-order valence-corrected chi connectivity index (χ2v) is 6.60. The molecular weight excluding hydrogens is 390 g/mol. The van der Waals surface area contributed by atoms with Crippen LogP contribution in [0.1, 0.15) is 25.3 Å². The zero-order valence-corrected chi connectivity index (χ0v) is 17.2. The fraction of sp³-hybridized carbons (Fsp3) is 0.444. The van der Waals surface area contributed by atoms with E-state index in [0.717, 1.165) is 38.1 Å². The van der Waals surface area contributed by atoms with Gasteiger partial charge < -0.3 is 5.11 Å². The Balaban J connectivity index is 0.00000182. The standard InChI is InChI=1S/C18H22F2N4O.2H2S/c1-13-5-7-23(8-6-13)14(2)18(25,10-24-12-21-11-22-24)16-4-3-15(19)9-17(16)20;;/h3-4,9,11-12,14,25H,1,5-8,10H2,2H3;2*1H2/t14-,18?;;/m0../s1. The third-order valence-corrected chi connectivity index (χ3v) is 5.01. The Morgan fingerprint density at radius 1 is 1.26 bits per heavy atom. The zero-order valence-electron chi connectivity index (χ0n) is 15.2. The van der Waals surface area contributed by atoms with Crippen LogP contribution in [-0.2, 0) is 12.1 Å². The SMILES string of the molecule is C=C1CCN([C@@H](C)C(O)(Cn2cncn2)c2ccc(F)cc2F)CC1.S.S. The van der Waals surface area contributed by atoms with Crippen molar-refractivity contribution < 1.29 is 13.9 Å². The molecule has 1 fully saturated rings. The van der Waals surface area contributed by atoms with Crippen molar-refractivity contribution in [1.29, 1.82) is 0 Å². The quantitative estimate of drug-likeness (QED) is 0.762. The normalized spacial score (nSPS) is 18.1. The van der Waals surface area contributed by atoms with Crippen LogP contribution < -0.4 is 0 Å². The lowest BCUT2D eigenvalue weighted by Gasteiger charge is -2.43. The van der Waals surface area contributed by atoms with Gasteiger partial charge in [-0.2, -0.15) is 32.1 Å². The summed E-state index contributed by atoms with van der Waals surface area (Å²) in [6.45, 7) is 7.35. The second-order valence-electron chi connectivity index (χ2n) is 6.60. The third kappa shape index (κ3) is 5.10. The van der Waals surface area contributed by atoms with Crippen molar-refractivity contribution in [2.24, 2.45) is 0 Å². The van der Waals surface area contributed by atoms with Gasteiger partial charge in [-0.25, -0.2) is 18.4 Å². The largest absolute Gasteiger partial charge is 0.381 e. The van der Waals surface area contributed by atoms with Crippen LogP contribution in [-0.4, -0.2) is 43.9 Å². The molecule has 1 N–H and O–H groups in total. The van der Waals surface area contributed by atoms with Crippen LogP contribution >= 0.6 is 27.0 Å². The van der Waals surface area contributed by atoms with Crippen molar-refractivity contribution in [3.05, 3.63) is 60.2 Å². The number of nitrogens with zero attached hydrogens (tertiary/aromatic N) is 4. The summed E-state index contributed by atoms with van der Waals surface area (Å²) in [4.78, 5) is 5.99. The molecule has 150 valence electrons. The molecule has 1 unspecified atom stereocenters. The highest BCUT2D eigenvalue weighted by Gasteiger charge is 2.42. The second kappa shape index (κ2) is 9.68. The number of likely N-dealkylation sites (tertiary alicyclic amines) is 1. The lowest BCUT2D eigenvalue weighted by atomic mass is 9.84. The van der Waals surface area contributed by atoms with Crippen molar-refractivity contribution in [1.82, 2.24) is 19.7 Å². The molecular formula is C18H26F2N4OS2. The number of aliphatic hydroxyl groups is 1. The van der Waals surface area contributed by atoms with E-state index in [4.69, 9.17) is 0 Å². The molecule has 0 spiro atoms. The monoisotopic (exact) mass is 416 g/mol. The number of hydrogen-bond donors (Lipinski definition) is 1. The number of halogens is 2. The highest BCUT2D eigenvalue weighted by atomic mass is 32.1. The predicted octanol–water partition coefficient (Wildman–Crippen LogP) is 2.71. The van der Waals surface area contributed by atoms with E-state index >= 15 is 0 Å². The van der Waals surface area contributed by atoms with E-state index < -0.39 is 23.3 Å².